The molecule has 1 amide bonds. The molecule has 0 bridgehead atoms. The van der Waals surface area contributed by atoms with Crippen molar-refractivity contribution < 1.29 is 19.4 Å². The van der Waals surface area contributed by atoms with Gasteiger partial charge in [0.15, 0.2) is 0 Å². The molecule has 7 heteroatoms. The zero-order valence-electron chi connectivity index (χ0n) is 16.9. The van der Waals surface area contributed by atoms with Gasteiger partial charge in [-0.15, -0.1) is 0 Å². The van der Waals surface area contributed by atoms with E-state index in [0.29, 0.717) is 26.0 Å². The third kappa shape index (κ3) is 13.1. The zero-order chi connectivity index (χ0) is 20.1. The number of unbranched alkanes of at least 4 members (excludes halogenated alkanes) is 1. The van der Waals surface area contributed by atoms with Crippen LogP contribution in [0.1, 0.15) is 72.1 Å². The van der Waals surface area contributed by atoms with Crippen LogP contribution in [0.3, 0.4) is 0 Å². The lowest BCUT2D eigenvalue weighted by Gasteiger charge is -2.23. The van der Waals surface area contributed by atoms with Crippen molar-refractivity contribution in [2.24, 2.45) is 5.41 Å². The average Bonchev–Trinajstić information content (AvgIpc) is 3.10. The molecular formula is C20H35NO4S2. The highest BCUT2D eigenvalue weighted by molar-refractivity contribution is 8.77. The van der Waals surface area contributed by atoms with E-state index in [4.69, 9.17) is 9.84 Å². The number of hydrogen-bond acceptors (Lipinski definition) is 5. The number of carbonyl (C=O) groups is 2. The van der Waals surface area contributed by atoms with E-state index in [2.05, 4.69) is 19.2 Å². The van der Waals surface area contributed by atoms with E-state index in [1.165, 1.54) is 18.6 Å². The molecule has 0 aliphatic carbocycles. The van der Waals surface area contributed by atoms with Crippen molar-refractivity contribution in [1.82, 2.24) is 5.32 Å². The largest absolute Gasteiger partial charge is 0.498 e. The van der Waals surface area contributed by atoms with Crippen molar-refractivity contribution in [3.8, 4) is 0 Å². The molecule has 0 spiro atoms. The molecule has 0 radical (unpaired) electrons. The average molecular weight is 418 g/mol. The highest BCUT2D eigenvalue weighted by Gasteiger charge is 2.19. The molecule has 1 heterocycles. The third-order valence-corrected chi connectivity index (χ3v) is 7.73. The number of rotatable bonds is 14. The lowest BCUT2D eigenvalue weighted by molar-refractivity contribution is -0.137. The molecule has 0 saturated carbocycles. The fraction of sp³-hybridized carbons (Fsp3) is 0.800. The molecule has 5 nitrogen and oxygen atoms in total. The second kappa shape index (κ2) is 13.4. The normalized spacial score (nSPS) is 17.7. The van der Waals surface area contributed by atoms with Crippen LogP contribution in [0.2, 0.25) is 0 Å². The first-order valence-electron chi connectivity index (χ1n) is 9.85. The number of carbonyl (C=O) groups excluding carboxylic acids is 1. The molecule has 2 N–H and O–H groups in total. The van der Waals surface area contributed by atoms with Crippen LogP contribution in [-0.4, -0.2) is 41.1 Å². The molecule has 1 fully saturated rings. The van der Waals surface area contributed by atoms with E-state index in [0.717, 1.165) is 30.3 Å². The summed E-state index contributed by atoms with van der Waals surface area (Å²) in [7, 11) is 3.96. The van der Waals surface area contributed by atoms with Crippen molar-refractivity contribution in [1.29, 1.82) is 0 Å². The van der Waals surface area contributed by atoms with E-state index < -0.39 is 5.97 Å². The Hall–Kier alpha value is -0.820. The summed E-state index contributed by atoms with van der Waals surface area (Å²) in [4.78, 5) is 22.5. The molecule has 1 saturated heterocycles. The molecule has 1 aliphatic rings. The van der Waals surface area contributed by atoms with Gasteiger partial charge in [-0.25, -0.2) is 0 Å². The van der Waals surface area contributed by atoms with Crippen molar-refractivity contribution in [2.45, 2.75) is 77.4 Å². The molecule has 156 valence electrons. The van der Waals surface area contributed by atoms with Crippen LogP contribution >= 0.6 is 21.6 Å². The number of allylic oxidation sites excluding steroid dienone is 1. The standard InChI is InChI=1S/C20H35NO4S2/c1-16(25-14-12-20(2,3)11-8-19(23)24)9-13-21-18(22)7-5-4-6-17-10-15-26-27-17/h9,17H,4-8,10-15H2,1-3H3,(H,21,22)(H,23,24)/b16-9+/t17-/m1/s1. The van der Waals surface area contributed by atoms with Gasteiger partial charge in [0.1, 0.15) is 0 Å². The summed E-state index contributed by atoms with van der Waals surface area (Å²) < 4.78 is 5.68. The second-order valence-electron chi connectivity index (χ2n) is 7.85. The minimum Gasteiger partial charge on any atom is -0.498 e. The van der Waals surface area contributed by atoms with Gasteiger partial charge in [-0.05, 0) is 50.5 Å². The van der Waals surface area contributed by atoms with E-state index in [1.54, 1.807) is 0 Å². The maximum Gasteiger partial charge on any atom is 0.303 e. The van der Waals surface area contributed by atoms with Gasteiger partial charge in [-0.2, -0.15) is 0 Å². The quantitative estimate of drug-likeness (QED) is 0.235. The predicted octanol–water partition coefficient (Wildman–Crippen LogP) is 5.02. The zero-order valence-corrected chi connectivity index (χ0v) is 18.6. The van der Waals surface area contributed by atoms with E-state index in [-0.39, 0.29) is 17.7 Å². The first-order valence-corrected chi connectivity index (χ1v) is 12.2. The fourth-order valence-corrected chi connectivity index (χ4v) is 5.76. The summed E-state index contributed by atoms with van der Waals surface area (Å²) >= 11 is 0. The number of ether oxygens (including phenoxy) is 1. The summed E-state index contributed by atoms with van der Waals surface area (Å²) in [6, 6.07) is 0. The number of carboxylic acids is 1. The van der Waals surface area contributed by atoms with Crippen molar-refractivity contribution in [3.63, 3.8) is 0 Å². The Morgan fingerprint density at radius 3 is 2.70 bits per heavy atom. The van der Waals surface area contributed by atoms with Crippen LogP contribution in [0.25, 0.3) is 0 Å². The number of amides is 1. The van der Waals surface area contributed by atoms with Crippen LogP contribution in [-0.2, 0) is 14.3 Å². The number of carboxylic acid groups (broad SMARTS) is 1. The summed E-state index contributed by atoms with van der Waals surface area (Å²) in [6.07, 6.45) is 8.72. The Kier molecular flexibility index (Phi) is 12.0. The maximum atomic E-state index is 11.9. The van der Waals surface area contributed by atoms with Gasteiger partial charge in [-0.1, -0.05) is 41.9 Å². The van der Waals surface area contributed by atoms with E-state index >= 15 is 0 Å². The van der Waals surface area contributed by atoms with Crippen LogP contribution in [0, 0.1) is 5.41 Å². The second-order valence-corrected chi connectivity index (χ2v) is 10.6. The number of aliphatic carboxylic acids is 1. The summed E-state index contributed by atoms with van der Waals surface area (Å²) in [6.45, 7) is 7.04. The fourth-order valence-electron chi connectivity index (χ4n) is 2.74. The van der Waals surface area contributed by atoms with Crippen molar-refractivity contribution in [2.75, 3.05) is 18.9 Å². The smallest absolute Gasteiger partial charge is 0.303 e. The minimum absolute atomic E-state index is 0.0530. The predicted molar refractivity (Wildman–Crippen MR) is 115 cm³/mol. The van der Waals surface area contributed by atoms with Gasteiger partial charge >= 0.3 is 5.97 Å². The van der Waals surface area contributed by atoms with Crippen LogP contribution in [0.4, 0.5) is 0 Å². The van der Waals surface area contributed by atoms with Gasteiger partial charge in [0.05, 0.1) is 12.4 Å². The minimum atomic E-state index is -0.757. The lowest BCUT2D eigenvalue weighted by Crippen LogP contribution is -2.23. The molecule has 0 unspecified atom stereocenters. The Labute approximate surface area is 171 Å². The SMILES string of the molecule is C/C(=C\CNC(=O)CCCC[C@@H]1CCSS1)OCCC(C)(C)CCC(=O)O. The van der Waals surface area contributed by atoms with Crippen LogP contribution in [0.15, 0.2) is 11.8 Å². The van der Waals surface area contributed by atoms with Crippen molar-refractivity contribution in [3.05, 3.63) is 11.8 Å². The highest BCUT2D eigenvalue weighted by atomic mass is 33.1. The topological polar surface area (TPSA) is 75.6 Å². The number of nitrogens with one attached hydrogen (secondary N) is 1. The van der Waals surface area contributed by atoms with Gasteiger partial charge in [0.2, 0.25) is 5.91 Å². The van der Waals surface area contributed by atoms with Crippen molar-refractivity contribution >= 4 is 33.5 Å². The van der Waals surface area contributed by atoms with Gasteiger partial charge in [0, 0.05) is 30.4 Å². The van der Waals surface area contributed by atoms with Gasteiger partial charge in [0.25, 0.3) is 0 Å². The summed E-state index contributed by atoms with van der Waals surface area (Å²) in [5, 5.41) is 12.5. The Morgan fingerprint density at radius 2 is 2.04 bits per heavy atom. The van der Waals surface area contributed by atoms with Crippen LogP contribution in [0.5, 0.6) is 0 Å². The Bertz CT molecular complexity index is 488. The molecule has 1 atom stereocenters. The Balaban J connectivity index is 2.05. The molecule has 1 rings (SSSR count). The lowest BCUT2D eigenvalue weighted by atomic mass is 9.85. The maximum absolute atomic E-state index is 11.9. The molecule has 0 aromatic heterocycles. The van der Waals surface area contributed by atoms with E-state index in [9.17, 15) is 9.59 Å². The van der Waals surface area contributed by atoms with Gasteiger partial charge in [-0.3, -0.25) is 9.59 Å². The molecular weight excluding hydrogens is 382 g/mol. The summed E-state index contributed by atoms with van der Waals surface area (Å²) in [5.74, 6) is 1.40. The first-order chi connectivity index (χ1) is 12.8. The summed E-state index contributed by atoms with van der Waals surface area (Å²) in [5.41, 5.74) is -0.0530. The third-order valence-electron chi connectivity index (χ3n) is 4.72. The molecule has 0 aromatic carbocycles. The molecule has 27 heavy (non-hydrogen) atoms. The van der Waals surface area contributed by atoms with E-state index in [1.807, 2.05) is 34.6 Å². The Morgan fingerprint density at radius 1 is 1.26 bits per heavy atom. The monoisotopic (exact) mass is 417 g/mol. The number of hydrogen-bond donors (Lipinski definition) is 2. The van der Waals surface area contributed by atoms with Gasteiger partial charge < -0.3 is 15.2 Å². The highest BCUT2D eigenvalue weighted by Crippen LogP contribution is 2.39. The van der Waals surface area contributed by atoms with Crippen LogP contribution < -0.4 is 5.32 Å². The first kappa shape index (κ1) is 24.2. The molecule has 1 aliphatic heterocycles. The molecule has 0 aromatic rings.